The maximum Gasteiger partial charge on any atom is 0.243 e. The summed E-state index contributed by atoms with van der Waals surface area (Å²) < 4.78 is 27.3. The van der Waals surface area contributed by atoms with E-state index in [1.807, 2.05) is 6.07 Å². The van der Waals surface area contributed by atoms with Crippen LogP contribution in [0.3, 0.4) is 0 Å². The van der Waals surface area contributed by atoms with Crippen molar-refractivity contribution in [2.45, 2.75) is 18.4 Å². The number of nitrogens with zero attached hydrogens (tertiary/aromatic N) is 2. The van der Waals surface area contributed by atoms with Crippen molar-refractivity contribution in [1.29, 1.82) is 0 Å². The van der Waals surface area contributed by atoms with Crippen LogP contribution >= 0.6 is 27.5 Å². The highest BCUT2D eigenvalue weighted by molar-refractivity contribution is 9.10. The minimum absolute atomic E-state index is 0.205. The van der Waals surface area contributed by atoms with Crippen LogP contribution in [0.25, 0.3) is 0 Å². The number of halogens is 2. The Kier molecular flexibility index (Phi) is 5.37. The first-order valence-corrected chi connectivity index (χ1v) is 8.91. The predicted molar refractivity (Wildman–Crippen MR) is 86.7 cm³/mol. The second-order valence-corrected chi connectivity index (χ2v) is 7.53. The molecule has 0 N–H and O–H groups in total. The third-order valence-corrected chi connectivity index (χ3v) is 6.08. The van der Waals surface area contributed by atoms with E-state index in [4.69, 9.17) is 11.6 Å². The van der Waals surface area contributed by atoms with Crippen LogP contribution in [0.1, 0.15) is 12.6 Å². The van der Waals surface area contributed by atoms with Crippen LogP contribution in [0.5, 0.6) is 0 Å². The largest absolute Gasteiger partial charge is 0.260 e. The highest BCUT2D eigenvalue weighted by Crippen LogP contribution is 2.27. The third kappa shape index (κ3) is 3.83. The Bertz CT molecular complexity index is 723. The average Bonchev–Trinajstić information content (AvgIpc) is 2.48. The fourth-order valence-electron chi connectivity index (χ4n) is 1.83. The summed E-state index contributed by atoms with van der Waals surface area (Å²) in [6.45, 7) is 2.39. The van der Waals surface area contributed by atoms with Crippen molar-refractivity contribution in [3.8, 4) is 0 Å². The molecule has 1 aromatic heterocycles. The van der Waals surface area contributed by atoms with E-state index in [-0.39, 0.29) is 11.4 Å². The molecule has 0 saturated heterocycles. The summed E-state index contributed by atoms with van der Waals surface area (Å²) in [5.41, 5.74) is 0.705. The van der Waals surface area contributed by atoms with Crippen LogP contribution in [-0.4, -0.2) is 24.3 Å². The van der Waals surface area contributed by atoms with Gasteiger partial charge in [0.05, 0.1) is 22.2 Å². The molecule has 0 aliphatic heterocycles. The minimum Gasteiger partial charge on any atom is -0.260 e. The number of rotatable bonds is 5. The average molecular weight is 390 g/mol. The van der Waals surface area contributed by atoms with E-state index < -0.39 is 10.0 Å². The van der Waals surface area contributed by atoms with E-state index in [2.05, 4.69) is 20.9 Å². The molecule has 7 heteroatoms. The normalized spacial score (nSPS) is 11.8. The maximum absolute atomic E-state index is 12.7. The first kappa shape index (κ1) is 16.4. The van der Waals surface area contributed by atoms with Gasteiger partial charge in [0.25, 0.3) is 0 Å². The molecular weight excluding hydrogens is 376 g/mol. The zero-order chi connectivity index (χ0) is 15.5. The molecule has 2 rings (SSSR count). The van der Waals surface area contributed by atoms with Crippen LogP contribution in [0, 0.1) is 0 Å². The maximum atomic E-state index is 12.7. The molecule has 0 aliphatic rings. The fraction of sp³-hybridized carbons (Fsp3) is 0.214. The van der Waals surface area contributed by atoms with Crippen molar-refractivity contribution >= 4 is 37.6 Å². The van der Waals surface area contributed by atoms with Gasteiger partial charge in [-0.3, -0.25) is 4.98 Å². The molecule has 0 unspecified atom stereocenters. The topological polar surface area (TPSA) is 50.3 Å². The van der Waals surface area contributed by atoms with Crippen LogP contribution in [0.15, 0.2) is 52.0 Å². The lowest BCUT2D eigenvalue weighted by Crippen LogP contribution is -2.30. The predicted octanol–water partition coefficient (Wildman–Crippen LogP) is 3.71. The van der Waals surface area contributed by atoms with Crippen LogP contribution in [0.4, 0.5) is 0 Å². The van der Waals surface area contributed by atoms with Crippen LogP contribution < -0.4 is 0 Å². The molecule has 4 nitrogen and oxygen atoms in total. The minimum atomic E-state index is -3.58. The first-order chi connectivity index (χ1) is 9.95. The zero-order valence-corrected chi connectivity index (χ0v) is 14.5. The van der Waals surface area contributed by atoms with Gasteiger partial charge in [-0.25, -0.2) is 8.42 Å². The molecule has 1 aromatic carbocycles. The summed E-state index contributed by atoms with van der Waals surface area (Å²) in [5.74, 6) is 0. The van der Waals surface area contributed by atoms with Gasteiger partial charge in [-0.2, -0.15) is 4.31 Å². The SMILES string of the molecule is CCN(Cc1ccccn1)S(=O)(=O)c1ccc(Cl)c(Br)c1. The number of aromatic nitrogens is 1. The summed E-state index contributed by atoms with van der Waals surface area (Å²) >= 11 is 9.16. The molecule has 0 amide bonds. The Labute approximate surface area is 137 Å². The lowest BCUT2D eigenvalue weighted by atomic mass is 10.3. The Morgan fingerprint density at radius 3 is 2.62 bits per heavy atom. The lowest BCUT2D eigenvalue weighted by molar-refractivity contribution is 0.419. The lowest BCUT2D eigenvalue weighted by Gasteiger charge is -2.20. The molecule has 0 atom stereocenters. The van der Waals surface area contributed by atoms with Gasteiger partial charge < -0.3 is 0 Å². The van der Waals surface area contributed by atoms with E-state index in [9.17, 15) is 8.42 Å². The van der Waals surface area contributed by atoms with Crippen molar-refractivity contribution in [2.75, 3.05) is 6.54 Å². The summed E-state index contributed by atoms with van der Waals surface area (Å²) in [4.78, 5) is 4.37. The quantitative estimate of drug-likeness (QED) is 0.783. The summed E-state index contributed by atoms with van der Waals surface area (Å²) in [7, 11) is -3.58. The van der Waals surface area contributed by atoms with Gasteiger partial charge in [0, 0.05) is 17.2 Å². The third-order valence-electron chi connectivity index (χ3n) is 2.95. The standard InChI is InChI=1S/C14H14BrClN2O2S/c1-2-18(10-11-5-3-4-8-17-11)21(19,20)12-6-7-14(16)13(15)9-12/h3-9H,2,10H2,1H3. The van der Waals surface area contributed by atoms with Crippen LogP contribution in [0.2, 0.25) is 5.02 Å². The second kappa shape index (κ2) is 6.87. The molecule has 1 heterocycles. The first-order valence-electron chi connectivity index (χ1n) is 6.30. The molecule has 0 bridgehead atoms. The Hall–Kier alpha value is -0.950. The van der Waals surface area contributed by atoms with Crippen molar-refractivity contribution in [1.82, 2.24) is 9.29 Å². The zero-order valence-electron chi connectivity index (χ0n) is 11.3. The van der Waals surface area contributed by atoms with E-state index in [0.29, 0.717) is 21.7 Å². The van der Waals surface area contributed by atoms with Crippen LogP contribution in [-0.2, 0) is 16.6 Å². The van der Waals surface area contributed by atoms with Gasteiger partial charge in [-0.05, 0) is 46.3 Å². The molecular formula is C14H14BrClN2O2S. The summed E-state index contributed by atoms with van der Waals surface area (Å²) in [5, 5.41) is 0.474. The Morgan fingerprint density at radius 2 is 2.05 bits per heavy atom. The molecule has 0 saturated carbocycles. The number of hydrogen-bond acceptors (Lipinski definition) is 3. The Morgan fingerprint density at radius 1 is 1.29 bits per heavy atom. The molecule has 0 fully saturated rings. The molecule has 0 aliphatic carbocycles. The Balaban J connectivity index is 2.33. The van der Waals surface area contributed by atoms with Gasteiger partial charge in [0.2, 0.25) is 10.0 Å². The smallest absolute Gasteiger partial charge is 0.243 e. The van der Waals surface area contributed by atoms with Gasteiger partial charge >= 0.3 is 0 Å². The van der Waals surface area contributed by atoms with Crippen molar-refractivity contribution in [3.63, 3.8) is 0 Å². The van der Waals surface area contributed by atoms with E-state index in [0.717, 1.165) is 0 Å². The monoisotopic (exact) mass is 388 g/mol. The van der Waals surface area contributed by atoms with Crippen molar-refractivity contribution < 1.29 is 8.42 Å². The van der Waals surface area contributed by atoms with Crippen molar-refractivity contribution in [2.24, 2.45) is 0 Å². The number of hydrogen-bond donors (Lipinski definition) is 0. The molecule has 21 heavy (non-hydrogen) atoms. The molecule has 2 aromatic rings. The van der Waals surface area contributed by atoms with Gasteiger partial charge in [-0.15, -0.1) is 0 Å². The number of sulfonamides is 1. The number of pyridine rings is 1. The molecule has 0 spiro atoms. The fourth-order valence-corrected chi connectivity index (χ4v) is 3.92. The second-order valence-electron chi connectivity index (χ2n) is 4.33. The summed E-state index contributed by atoms with van der Waals surface area (Å²) in [6.07, 6.45) is 1.65. The molecule has 0 radical (unpaired) electrons. The van der Waals surface area contributed by atoms with Gasteiger partial charge in [0.1, 0.15) is 0 Å². The van der Waals surface area contributed by atoms with E-state index in [1.165, 1.54) is 16.4 Å². The van der Waals surface area contributed by atoms with E-state index in [1.54, 1.807) is 31.3 Å². The highest BCUT2D eigenvalue weighted by Gasteiger charge is 2.24. The van der Waals surface area contributed by atoms with Gasteiger partial charge in [0.15, 0.2) is 0 Å². The van der Waals surface area contributed by atoms with E-state index >= 15 is 0 Å². The molecule has 112 valence electrons. The number of benzene rings is 1. The van der Waals surface area contributed by atoms with Crippen molar-refractivity contribution in [3.05, 3.63) is 57.8 Å². The van der Waals surface area contributed by atoms with Gasteiger partial charge in [-0.1, -0.05) is 24.6 Å². The highest BCUT2D eigenvalue weighted by atomic mass is 79.9. The summed E-state index contributed by atoms with van der Waals surface area (Å²) in [6, 6.07) is 10.0.